The molecule has 4 heteroatoms. The molecule has 1 heterocycles. The van der Waals surface area contributed by atoms with Crippen molar-refractivity contribution in [2.24, 2.45) is 5.92 Å². The molecule has 0 radical (unpaired) electrons. The van der Waals surface area contributed by atoms with Crippen LogP contribution in [0.4, 0.5) is 5.69 Å². The fourth-order valence-electron chi connectivity index (χ4n) is 2.74. The molecular weight excluding hydrogens is 252 g/mol. The highest BCUT2D eigenvalue weighted by Gasteiger charge is 2.24. The molecule has 1 aliphatic heterocycles. The summed E-state index contributed by atoms with van der Waals surface area (Å²) in [6.07, 6.45) is 5.50. The molecule has 2 N–H and O–H groups in total. The monoisotopic (exact) mass is 272 g/mol. The summed E-state index contributed by atoms with van der Waals surface area (Å²) in [7, 11) is 0. The van der Waals surface area contributed by atoms with Crippen LogP contribution in [0.5, 0.6) is 0 Å². The molecule has 0 bridgehead atoms. The van der Waals surface area contributed by atoms with Gasteiger partial charge in [0.05, 0.1) is 0 Å². The molecule has 1 aliphatic carbocycles. The first-order valence-corrected chi connectivity index (χ1v) is 7.42. The zero-order chi connectivity index (χ0) is 13.9. The van der Waals surface area contributed by atoms with E-state index in [1.165, 1.54) is 17.5 Å². The van der Waals surface area contributed by atoms with Crippen LogP contribution in [0.25, 0.3) is 0 Å². The van der Waals surface area contributed by atoms with Gasteiger partial charge >= 0.3 is 0 Å². The van der Waals surface area contributed by atoms with Gasteiger partial charge in [0.15, 0.2) is 0 Å². The van der Waals surface area contributed by atoms with Gasteiger partial charge in [-0.25, -0.2) is 0 Å². The van der Waals surface area contributed by atoms with Crippen molar-refractivity contribution in [2.45, 2.75) is 38.5 Å². The Labute approximate surface area is 118 Å². The van der Waals surface area contributed by atoms with Crippen LogP contribution < -0.4 is 10.6 Å². The van der Waals surface area contributed by atoms with Gasteiger partial charge in [-0.3, -0.25) is 9.59 Å². The van der Waals surface area contributed by atoms with Crippen molar-refractivity contribution in [2.75, 3.05) is 11.9 Å². The number of aryl methyl sites for hydroxylation is 1. The van der Waals surface area contributed by atoms with Crippen LogP contribution in [0.1, 0.15) is 36.8 Å². The Morgan fingerprint density at radius 2 is 2.15 bits per heavy atom. The third-order valence-corrected chi connectivity index (χ3v) is 4.25. The molecule has 3 rings (SSSR count). The lowest BCUT2D eigenvalue weighted by Gasteiger charge is -2.24. The molecular formula is C16H20N2O2. The largest absolute Gasteiger partial charge is 0.356 e. The number of anilines is 1. The van der Waals surface area contributed by atoms with Gasteiger partial charge in [-0.15, -0.1) is 0 Å². The molecule has 20 heavy (non-hydrogen) atoms. The van der Waals surface area contributed by atoms with Crippen molar-refractivity contribution in [3.8, 4) is 0 Å². The molecule has 0 saturated heterocycles. The van der Waals surface area contributed by atoms with Gasteiger partial charge in [0.1, 0.15) is 0 Å². The second-order valence-corrected chi connectivity index (χ2v) is 5.71. The fourth-order valence-corrected chi connectivity index (χ4v) is 2.74. The third-order valence-electron chi connectivity index (χ3n) is 4.25. The summed E-state index contributed by atoms with van der Waals surface area (Å²) in [6.45, 7) is 0.695. The molecule has 4 nitrogen and oxygen atoms in total. The summed E-state index contributed by atoms with van der Waals surface area (Å²) in [5.74, 6) is 0.563. The average molecular weight is 272 g/mol. The number of benzene rings is 1. The van der Waals surface area contributed by atoms with Crippen molar-refractivity contribution < 1.29 is 9.59 Å². The zero-order valence-corrected chi connectivity index (χ0v) is 11.6. The van der Waals surface area contributed by atoms with Crippen molar-refractivity contribution in [1.29, 1.82) is 0 Å². The minimum Gasteiger partial charge on any atom is -0.356 e. The van der Waals surface area contributed by atoms with Gasteiger partial charge in [-0.05, 0) is 42.9 Å². The van der Waals surface area contributed by atoms with Gasteiger partial charge in [0.25, 0.3) is 0 Å². The highest BCUT2D eigenvalue weighted by molar-refractivity contribution is 5.93. The molecule has 106 valence electrons. The predicted molar refractivity (Wildman–Crippen MR) is 77.4 cm³/mol. The number of nitrogens with one attached hydrogen (secondary N) is 2. The van der Waals surface area contributed by atoms with Crippen LogP contribution in [0, 0.1) is 5.92 Å². The molecule has 2 aliphatic rings. The van der Waals surface area contributed by atoms with Crippen molar-refractivity contribution >= 4 is 17.5 Å². The number of amides is 2. The second kappa shape index (κ2) is 5.65. The maximum absolute atomic E-state index is 11.7. The van der Waals surface area contributed by atoms with E-state index in [0.29, 0.717) is 13.0 Å². The van der Waals surface area contributed by atoms with Gasteiger partial charge in [-0.1, -0.05) is 18.6 Å². The van der Waals surface area contributed by atoms with E-state index in [9.17, 15) is 9.59 Å². The minimum atomic E-state index is 0.0954. The van der Waals surface area contributed by atoms with E-state index in [1.807, 2.05) is 12.1 Å². The number of rotatable bonds is 4. The van der Waals surface area contributed by atoms with Gasteiger partial charge < -0.3 is 10.6 Å². The van der Waals surface area contributed by atoms with Crippen molar-refractivity contribution in [3.63, 3.8) is 0 Å². The number of hydrogen-bond donors (Lipinski definition) is 2. The lowest BCUT2D eigenvalue weighted by molar-refractivity contribution is -0.127. The number of hydrogen-bond acceptors (Lipinski definition) is 2. The van der Waals surface area contributed by atoms with Gasteiger partial charge in [0, 0.05) is 24.6 Å². The average Bonchev–Trinajstić information content (AvgIpc) is 2.37. The first-order chi connectivity index (χ1) is 9.72. The summed E-state index contributed by atoms with van der Waals surface area (Å²) >= 11 is 0. The molecule has 0 aromatic heterocycles. The van der Waals surface area contributed by atoms with Crippen LogP contribution in [0.2, 0.25) is 0 Å². The summed E-state index contributed by atoms with van der Waals surface area (Å²) in [5, 5.41) is 5.89. The Morgan fingerprint density at radius 3 is 2.90 bits per heavy atom. The Bertz CT molecular complexity index is 535. The smallest absolute Gasteiger partial charge is 0.224 e. The number of carbonyl (C=O) groups excluding carboxylic acids is 2. The molecule has 0 unspecified atom stereocenters. The van der Waals surface area contributed by atoms with Gasteiger partial charge in [-0.2, -0.15) is 0 Å². The number of fused-ring (bicyclic) bond motifs is 1. The molecule has 2 amide bonds. The van der Waals surface area contributed by atoms with E-state index < -0.39 is 0 Å². The molecule has 1 saturated carbocycles. The van der Waals surface area contributed by atoms with Gasteiger partial charge in [0.2, 0.25) is 11.8 Å². The first-order valence-electron chi connectivity index (χ1n) is 7.42. The molecule has 1 aromatic carbocycles. The molecule has 0 atom stereocenters. The second-order valence-electron chi connectivity index (χ2n) is 5.71. The summed E-state index contributed by atoms with van der Waals surface area (Å²) in [4.78, 5) is 23.0. The number of carbonyl (C=O) groups is 2. The predicted octanol–water partition coefficient (Wildman–Crippen LogP) is 2.03. The molecule has 1 aromatic rings. The fraction of sp³-hybridized carbons (Fsp3) is 0.500. The Kier molecular flexibility index (Phi) is 3.72. The van der Waals surface area contributed by atoms with E-state index in [4.69, 9.17) is 0 Å². The van der Waals surface area contributed by atoms with E-state index in [0.717, 1.165) is 31.4 Å². The van der Waals surface area contributed by atoms with Crippen molar-refractivity contribution in [3.05, 3.63) is 29.3 Å². The lowest BCUT2D eigenvalue weighted by Crippen LogP contribution is -2.35. The maximum atomic E-state index is 11.7. The maximum Gasteiger partial charge on any atom is 0.224 e. The third kappa shape index (κ3) is 2.84. The lowest BCUT2D eigenvalue weighted by atomic mass is 9.85. The molecule has 1 fully saturated rings. The van der Waals surface area contributed by atoms with E-state index in [-0.39, 0.29) is 17.7 Å². The molecule has 0 spiro atoms. The minimum absolute atomic E-state index is 0.0954. The van der Waals surface area contributed by atoms with E-state index >= 15 is 0 Å². The zero-order valence-electron chi connectivity index (χ0n) is 11.6. The normalized spacial score (nSPS) is 17.9. The van der Waals surface area contributed by atoms with Crippen LogP contribution in [0.3, 0.4) is 0 Å². The topological polar surface area (TPSA) is 58.2 Å². The standard InChI is InChI=1S/C16H20N2O2/c19-15-7-5-13-10-11(4-6-14(13)18-15)8-9-17-16(20)12-2-1-3-12/h4,6,10,12H,1-3,5,7-9H2,(H,17,20)(H,18,19). The Hall–Kier alpha value is -1.84. The van der Waals surface area contributed by atoms with Crippen LogP contribution in [0.15, 0.2) is 18.2 Å². The van der Waals surface area contributed by atoms with Crippen LogP contribution in [-0.4, -0.2) is 18.4 Å². The van der Waals surface area contributed by atoms with Crippen molar-refractivity contribution in [1.82, 2.24) is 5.32 Å². The quantitative estimate of drug-likeness (QED) is 0.881. The first kappa shape index (κ1) is 13.2. The van der Waals surface area contributed by atoms with Crippen LogP contribution in [-0.2, 0) is 22.4 Å². The Morgan fingerprint density at radius 1 is 1.30 bits per heavy atom. The summed E-state index contributed by atoms with van der Waals surface area (Å²) < 4.78 is 0. The summed E-state index contributed by atoms with van der Waals surface area (Å²) in [5.41, 5.74) is 3.35. The highest BCUT2D eigenvalue weighted by Crippen LogP contribution is 2.26. The highest BCUT2D eigenvalue weighted by atomic mass is 16.2. The Balaban J connectivity index is 1.53. The summed E-state index contributed by atoms with van der Waals surface area (Å²) in [6, 6.07) is 6.14. The van der Waals surface area contributed by atoms with E-state index in [1.54, 1.807) is 0 Å². The van der Waals surface area contributed by atoms with E-state index in [2.05, 4.69) is 16.7 Å². The van der Waals surface area contributed by atoms with Crippen LogP contribution >= 0.6 is 0 Å². The SMILES string of the molecule is O=C1CCc2cc(CCNC(=O)C3CCC3)ccc2N1.